The third-order valence-corrected chi connectivity index (χ3v) is 5.96. The monoisotopic (exact) mass is 399 g/mol. The van der Waals surface area contributed by atoms with Crippen LogP contribution in [0.25, 0.3) is 0 Å². The van der Waals surface area contributed by atoms with Gasteiger partial charge < -0.3 is 18.9 Å². The Kier molecular flexibility index (Phi) is 5.61. The van der Waals surface area contributed by atoms with Crippen LogP contribution in [0.1, 0.15) is 35.5 Å². The minimum absolute atomic E-state index is 0.271. The Hall–Kier alpha value is -2.38. The van der Waals surface area contributed by atoms with Crippen LogP contribution in [0.5, 0.6) is 17.2 Å². The number of benzene rings is 1. The molecule has 2 aromatic rings. The van der Waals surface area contributed by atoms with Crippen molar-refractivity contribution in [3.05, 3.63) is 41.0 Å². The number of nitrogens with zero attached hydrogens (tertiary/aromatic N) is 3. The molecule has 156 valence electrons. The summed E-state index contributed by atoms with van der Waals surface area (Å²) in [5, 5.41) is 0. The van der Waals surface area contributed by atoms with Crippen LogP contribution in [-0.4, -0.2) is 55.9 Å². The second-order valence-corrected chi connectivity index (χ2v) is 7.69. The summed E-state index contributed by atoms with van der Waals surface area (Å²) in [6, 6.07) is 4.05. The van der Waals surface area contributed by atoms with Gasteiger partial charge in [0.1, 0.15) is 11.4 Å². The number of hydrogen-bond acceptors (Lipinski definition) is 7. The number of methoxy groups -OCH3 is 3. The summed E-state index contributed by atoms with van der Waals surface area (Å²) in [4.78, 5) is 11.6. The normalized spacial score (nSPS) is 18.3. The maximum Gasteiger partial charge on any atom is 0.203 e. The first kappa shape index (κ1) is 19.9. The fourth-order valence-corrected chi connectivity index (χ4v) is 4.44. The third kappa shape index (κ3) is 3.76. The van der Waals surface area contributed by atoms with Crippen molar-refractivity contribution in [2.24, 2.45) is 0 Å². The average molecular weight is 399 g/mol. The average Bonchev–Trinajstić information content (AvgIpc) is 2.75. The predicted molar refractivity (Wildman–Crippen MR) is 109 cm³/mol. The highest BCUT2D eigenvalue weighted by Gasteiger charge is 2.42. The highest BCUT2D eigenvalue weighted by atomic mass is 16.5. The molecule has 1 aromatic heterocycles. The van der Waals surface area contributed by atoms with Crippen molar-refractivity contribution < 1.29 is 18.9 Å². The molecule has 0 atom stereocenters. The molecule has 0 N–H and O–H groups in total. The smallest absolute Gasteiger partial charge is 0.203 e. The Balaban J connectivity index is 1.50. The Bertz CT molecular complexity index is 853. The summed E-state index contributed by atoms with van der Waals surface area (Å²) in [5.74, 6) is 2.81. The second-order valence-electron chi connectivity index (χ2n) is 7.69. The molecule has 1 fully saturated rings. The summed E-state index contributed by atoms with van der Waals surface area (Å²) >= 11 is 0. The summed E-state index contributed by atoms with van der Waals surface area (Å²) in [6.07, 6.45) is 4.73. The Morgan fingerprint density at radius 1 is 1.07 bits per heavy atom. The van der Waals surface area contributed by atoms with Gasteiger partial charge in [-0.25, -0.2) is 9.97 Å². The molecule has 2 aliphatic rings. The molecule has 0 bridgehead atoms. The van der Waals surface area contributed by atoms with Crippen LogP contribution in [0.15, 0.2) is 18.3 Å². The van der Waals surface area contributed by atoms with Crippen LogP contribution in [0.4, 0.5) is 0 Å². The number of aryl methyl sites for hydroxylation is 1. The molecule has 2 aliphatic heterocycles. The van der Waals surface area contributed by atoms with E-state index in [1.54, 1.807) is 21.3 Å². The lowest BCUT2D eigenvalue weighted by atomic mass is 9.83. The van der Waals surface area contributed by atoms with Crippen LogP contribution < -0.4 is 14.2 Å². The van der Waals surface area contributed by atoms with E-state index in [1.807, 2.05) is 25.3 Å². The molecule has 1 saturated heterocycles. The summed E-state index contributed by atoms with van der Waals surface area (Å²) in [6.45, 7) is 5.40. The van der Waals surface area contributed by atoms with E-state index in [-0.39, 0.29) is 5.60 Å². The lowest BCUT2D eigenvalue weighted by molar-refractivity contribution is -0.102. The molecule has 3 heterocycles. The van der Waals surface area contributed by atoms with E-state index in [1.165, 1.54) is 5.56 Å². The molecular formula is C22H29N3O4. The summed E-state index contributed by atoms with van der Waals surface area (Å²) in [5.41, 5.74) is 3.20. The predicted octanol–water partition coefficient (Wildman–Crippen LogP) is 2.87. The molecular weight excluding hydrogens is 370 g/mol. The van der Waals surface area contributed by atoms with Crippen LogP contribution >= 0.6 is 0 Å². The van der Waals surface area contributed by atoms with Gasteiger partial charge in [0, 0.05) is 25.8 Å². The molecule has 7 nitrogen and oxygen atoms in total. The third-order valence-electron chi connectivity index (χ3n) is 5.96. The van der Waals surface area contributed by atoms with Gasteiger partial charge in [0.2, 0.25) is 5.75 Å². The molecule has 1 aromatic carbocycles. The van der Waals surface area contributed by atoms with Gasteiger partial charge in [-0.05, 0) is 49.4 Å². The van der Waals surface area contributed by atoms with E-state index in [4.69, 9.17) is 23.9 Å². The van der Waals surface area contributed by atoms with Crippen LogP contribution in [0.3, 0.4) is 0 Å². The van der Waals surface area contributed by atoms with Crippen molar-refractivity contribution >= 4 is 0 Å². The van der Waals surface area contributed by atoms with Gasteiger partial charge in [-0.15, -0.1) is 0 Å². The van der Waals surface area contributed by atoms with E-state index >= 15 is 0 Å². The molecule has 1 spiro atoms. The van der Waals surface area contributed by atoms with Gasteiger partial charge in [-0.1, -0.05) is 0 Å². The first-order valence-corrected chi connectivity index (χ1v) is 10.1. The number of likely N-dealkylation sites (tertiary alicyclic amines) is 1. The first-order valence-electron chi connectivity index (χ1n) is 10.1. The number of fused-ring (bicyclic) bond motifs is 2. The zero-order chi connectivity index (χ0) is 20.4. The number of rotatable bonds is 5. The summed E-state index contributed by atoms with van der Waals surface area (Å²) in [7, 11) is 4.91. The zero-order valence-electron chi connectivity index (χ0n) is 17.7. The van der Waals surface area contributed by atoms with Gasteiger partial charge in [-0.3, -0.25) is 4.90 Å². The van der Waals surface area contributed by atoms with Crippen molar-refractivity contribution in [2.45, 2.75) is 38.3 Å². The first-order chi connectivity index (χ1) is 14.1. The topological polar surface area (TPSA) is 65.9 Å². The molecule has 0 saturated carbocycles. The molecule has 29 heavy (non-hydrogen) atoms. The largest absolute Gasteiger partial charge is 0.493 e. The van der Waals surface area contributed by atoms with Gasteiger partial charge in [0.05, 0.1) is 33.6 Å². The minimum atomic E-state index is -0.271. The number of ether oxygens (including phenoxy) is 4. The highest BCUT2D eigenvalue weighted by Crippen LogP contribution is 2.42. The Morgan fingerprint density at radius 3 is 2.38 bits per heavy atom. The maximum absolute atomic E-state index is 6.32. The van der Waals surface area contributed by atoms with Crippen molar-refractivity contribution in [3.8, 4) is 17.2 Å². The molecule has 7 heteroatoms. The molecule has 0 unspecified atom stereocenters. The maximum atomic E-state index is 6.32. The highest BCUT2D eigenvalue weighted by molar-refractivity contribution is 5.53. The fourth-order valence-electron chi connectivity index (χ4n) is 4.44. The van der Waals surface area contributed by atoms with E-state index in [2.05, 4.69) is 9.88 Å². The zero-order valence-corrected chi connectivity index (χ0v) is 17.7. The number of aromatic nitrogens is 2. The van der Waals surface area contributed by atoms with Crippen LogP contribution in [0, 0.1) is 6.92 Å². The number of piperidine rings is 1. The quantitative estimate of drug-likeness (QED) is 0.766. The van der Waals surface area contributed by atoms with E-state index in [0.717, 1.165) is 62.6 Å². The Labute approximate surface area is 172 Å². The van der Waals surface area contributed by atoms with Crippen LogP contribution in [-0.2, 0) is 23.3 Å². The Morgan fingerprint density at radius 2 is 1.76 bits per heavy atom. The SMILES string of the molecule is COc1cc(CN2CCC3(CC2)OCCc2cnc(C)nc23)cc(OC)c1OC. The van der Waals surface area contributed by atoms with E-state index in [0.29, 0.717) is 17.2 Å². The summed E-state index contributed by atoms with van der Waals surface area (Å²) < 4.78 is 22.7. The van der Waals surface area contributed by atoms with Gasteiger partial charge in [0.25, 0.3) is 0 Å². The van der Waals surface area contributed by atoms with Gasteiger partial charge >= 0.3 is 0 Å². The van der Waals surface area contributed by atoms with Crippen molar-refractivity contribution in [2.75, 3.05) is 41.0 Å². The van der Waals surface area contributed by atoms with Crippen molar-refractivity contribution in [1.82, 2.24) is 14.9 Å². The second kappa shape index (κ2) is 8.16. The lowest BCUT2D eigenvalue weighted by Gasteiger charge is -2.44. The number of hydrogen-bond donors (Lipinski definition) is 0. The molecule has 0 amide bonds. The lowest BCUT2D eigenvalue weighted by Crippen LogP contribution is -2.47. The van der Waals surface area contributed by atoms with Crippen LogP contribution in [0.2, 0.25) is 0 Å². The van der Waals surface area contributed by atoms with E-state index < -0.39 is 0 Å². The fraction of sp³-hybridized carbons (Fsp3) is 0.545. The molecule has 0 aliphatic carbocycles. The molecule has 4 rings (SSSR count). The van der Waals surface area contributed by atoms with Gasteiger partial charge in [0.15, 0.2) is 11.5 Å². The van der Waals surface area contributed by atoms with Gasteiger partial charge in [-0.2, -0.15) is 0 Å². The van der Waals surface area contributed by atoms with E-state index in [9.17, 15) is 0 Å². The van der Waals surface area contributed by atoms with Crippen molar-refractivity contribution in [3.63, 3.8) is 0 Å². The standard InChI is InChI=1S/C22H29N3O4/c1-15-23-13-17-5-10-29-22(21(17)24-15)6-8-25(9-7-22)14-16-11-18(26-2)20(28-4)19(12-16)27-3/h11-13H,5-10,14H2,1-4H3. The minimum Gasteiger partial charge on any atom is -0.493 e. The molecule has 0 radical (unpaired) electrons. The van der Waals surface area contributed by atoms with Crippen molar-refractivity contribution in [1.29, 1.82) is 0 Å².